The third-order valence-corrected chi connectivity index (χ3v) is 2.86. The van der Waals surface area contributed by atoms with Gasteiger partial charge in [-0.3, -0.25) is 4.79 Å². The molecule has 2 heterocycles. The number of carbonyl (C=O) groups excluding carboxylic acids is 1. The topological polar surface area (TPSA) is 81.0 Å². The van der Waals surface area contributed by atoms with Gasteiger partial charge in [0.05, 0.1) is 12.1 Å². The van der Waals surface area contributed by atoms with Crippen molar-refractivity contribution in [2.75, 3.05) is 6.54 Å². The van der Waals surface area contributed by atoms with Gasteiger partial charge in [-0.25, -0.2) is 0 Å². The zero-order valence-electron chi connectivity index (χ0n) is 7.13. The number of rotatable bonds is 0. The molecule has 5 nitrogen and oxygen atoms in total. The first-order chi connectivity index (χ1) is 6.13. The van der Waals surface area contributed by atoms with Crippen molar-refractivity contribution in [3.8, 4) is 0 Å². The van der Waals surface area contributed by atoms with E-state index in [1.54, 1.807) is 0 Å². The molecule has 0 aromatic carbocycles. The van der Waals surface area contributed by atoms with E-state index in [-0.39, 0.29) is 0 Å². The second-order valence-corrected chi connectivity index (χ2v) is 3.67. The van der Waals surface area contributed by atoms with Gasteiger partial charge in [-0.15, -0.1) is 0 Å². The molecule has 5 heteroatoms. The van der Waals surface area contributed by atoms with E-state index in [4.69, 9.17) is 0 Å². The third kappa shape index (κ3) is 1.15. The van der Waals surface area contributed by atoms with Gasteiger partial charge in [-0.2, -0.15) is 0 Å². The Morgan fingerprint density at radius 3 is 2.62 bits per heavy atom. The maximum atomic E-state index is 11.3. The largest absolute Gasteiger partial charge is 0.391 e. The number of fused-ring (bicyclic) bond motifs is 1. The second-order valence-electron chi connectivity index (χ2n) is 3.67. The molecule has 2 aliphatic rings. The molecule has 13 heavy (non-hydrogen) atoms. The lowest BCUT2D eigenvalue weighted by atomic mass is 9.97. The number of hydrogen-bond donors (Lipinski definition) is 3. The van der Waals surface area contributed by atoms with Crippen LogP contribution in [0.3, 0.4) is 0 Å². The van der Waals surface area contributed by atoms with Crippen molar-refractivity contribution in [1.82, 2.24) is 4.90 Å². The minimum Gasteiger partial charge on any atom is -0.391 e. The van der Waals surface area contributed by atoms with Crippen LogP contribution in [0.1, 0.15) is 12.8 Å². The van der Waals surface area contributed by atoms with E-state index in [1.807, 2.05) is 0 Å². The number of nitrogens with zero attached hydrogens (tertiary/aromatic N) is 1. The number of piperidine rings is 1. The molecule has 1 amide bonds. The minimum atomic E-state index is -1.35. The Bertz CT molecular complexity index is 232. The number of hydrogen-bond acceptors (Lipinski definition) is 4. The molecule has 74 valence electrons. The molecule has 0 saturated carbocycles. The number of aliphatic hydroxyl groups excluding tert-OH is 3. The lowest BCUT2D eigenvalue weighted by Crippen LogP contribution is -2.49. The highest BCUT2D eigenvalue weighted by Crippen LogP contribution is 2.28. The Balaban J connectivity index is 2.24. The lowest BCUT2D eigenvalue weighted by Gasteiger charge is -2.34. The van der Waals surface area contributed by atoms with Crippen LogP contribution in [0.25, 0.3) is 0 Å². The Labute approximate surface area is 75.6 Å². The molecule has 2 aliphatic heterocycles. The summed E-state index contributed by atoms with van der Waals surface area (Å²) in [6, 6.07) is -0.601. The van der Waals surface area contributed by atoms with Crippen LogP contribution >= 0.6 is 0 Å². The Morgan fingerprint density at radius 2 is 2.00 bits per heavy atom. The fourth-order valence-corrected chi connectivity index (χ4v) is 2.17. The molecule has 2 fully saturated rings. The SMILES string of the molecule is O=C1C(O)[C@@H](O)[C@H]2[C@@H](O)CCCN12. The van der Waals surface area contributed by atoms with Crippen LogP contribution in [0.15, 0.2) is 0 Å². The van der Waals surface area contributed by atoms with Crippen LogP contribution in [-0.4, -0.2) is 57.0 Å². The average molecular weight is 187 g/mol. The predicted molar refractivity (Wildman–Crippen MR) is 42.8 cm³/mol. The monoisotopic (exact) mass is 187 g/mol. The van der Waals surface area contributed by atoms with E-state index in [0.29, 0.717) is 13.0 Å². The smallest absolute Gasteiger partial charge is 0.254 e. The van der Waals surface area contributed by atoms with Crippen molar-refractivity contribution < 1.29 is 20.1 Å². The summed E-state index contributed by atoms with van der Waals surface area (Å²) >= 11 is 0. The summed E-state index contributed by atoms with van der Waals surface area (Å²) in [5, 5.41) is 28.2. The lowest BCUT2D eigenvalue weighted by molar-refractivity contribution is -0.137. The summed E-state index contributed by atoms with van der Waals surface area (Å²) in [5.41, 5.74) is 0. The Hall–Kier alpha value is -0.650. The summed E-state index contributed by atoms with van der Waals surface area (Å²) in [6.45, 7) is 0.522. The molecule has 0 spiro atoms. The van der Waals surface area contributed by atoms with Gasteiger partial charge in [0.2, 0.25) is 0 Å². The highest BCUT2D eigenvalue weighted by molar-refractivity contribution is 5.84. The molecule has 4 atom stereocenters. The van der Waals surface area contributed by atoms with Crippen molar-refractivity contribution in [2.24, 2.45) is 0 Å². The van der Waals surface area contributed by atoms with Gasteiger partial charge in [-0.1, -0.05) is 0 Å². The summed E-state index contributed by atoms with van der Waals surface area (Å²) in [6.07, 6.45) is -1.88. The zero-order valence-corrected chi connectivity index (χ0v) is 7.13. The molecule has 0 aliphatic carbocycles. The van der Waals surface area contributed by atoms with Crippen LogP contribution in [0.2, 0.25) is 0 Å². The van der Waals surface area contributed by atoms with Crippen molar-refractivity contribution in [2.45, 2.75) is 37.2 Å². The van der Waals surface area contributed by atoms with Gasteiger partial charge >= 0.3 is 0 Å². The molecule has 0 aromatic heterocycles. The van der Waals surface area contributed by atoms with E-state index in [9.17, 15) is 20.1 Å². The van der Waals surface area contributed by atoms with Gasteiger partial charge in [0, 0.05) is 6.54 Å². The summed E-state index contributed by atoms with van der Waals surface area (Å²) in [4.78, 5) is 12.7. The molecule has 2 rings (SSSR count). The fraction of sp³-hybridized carbons (Fsp3) is 0.875. The van der Waals surface area contributed by atoms with Crippen LogP contribution in [-0.2, 0) is 4.79 Å². The van der Waals surface area contributed by atoms with Crippen molar-refractivity contribution in [1.29, 1.82) is 0 Å². The van der Waals surface area contributed by atoms with Gasteiger partial charge < -0.3 is 20.2 Å². The quantitative estimate of drug-likeness (QED) is 0.412. The molecule has 0 aromatic rings. The van der Waals surface area contributed by atoms with E-state index in [1.165, 1.54) is 4.90 Å². The molecule has 0 bridgehead atoms. The van der Waals surface area contributed by atoms with Gasteiger partial charge in [0.15, 0.2) is 6.10 Å². The Kier molecular flexibility index (Phi) is 2.02. The average Bonchev–Trinajstić information content (AvgIpc) is 2.33. The maximum absolute atomic E-state index is 11.3. The third-order valence-electron chi connectivity index (χ3n) is 2.86. The number of carbonyl (C=O) groups is 1. The van der Waals surface area contributed by atoms with Crippen molar-refractivity contribution >= 4 is 5.91 Å². The standard InChI is InChI=1S/C8H13NO4/c10-4-2-1-3-9-5(4)6(11)7(12)8(9)13/h4-7,10-12H,1-3H2/t4-,5+,6-,7?/m0/s1. The highest BCUT2D eigenvalue weighted by Gasteiger charge is 2.50. The van der Waals surface area contributed by atoms with E-state index in [2.05, 4.69) is 0 Å². The molecular formula is C8H13NO4. The van der Waals surface area contributed by atoms with Crippen molar-refractivity contribution in [3.05, 3.63) is 0 Å². The van der Waals surface area contributed by atoms with E-state index in [0.717, 1.165) is 6.42 Å². The first-order valence-electron chi connectivity index (χ1n) is 4.47. The van der Waals surface area contributed by atoms with Gasteiger partial charge in [-0.05, 0) is 12.8 Å². The second kappa shape index (κ2) is 2.94. The molecule has 0 radical (unpaired) electrons. The van der Waals surface area contributed by atoms with E-state index >= 15 is 0 Å². The highest BCUT2D eigenvalue weighted by atomic mass is 16.4. The molecule has 1 unspecified atom stereocenters. The van der Waals surface area contributed by atoms with Crippen LogP contribution < -0.4 is 0 Å². The summed E-state index contributed by atoms with van der Waals surface area (Å²) < 4.78 is 0. The van der Waals surface area contributed by atoms with Crippen LogP contribution in [0.5, 0.6) is 0 Å². The van der Waals surface area contributed by atoms with E-state index < -0.39 is 30.3 Å². The predicted octanol–water partition coefficient (Wildman–Crippen LogP) is -1.93. The normalized spacial score (nSPS) is 45.2. The van der Waals surface area contributed by atoms with Crippen molar-refractivity contribution in [3.63, 3.8) is 0 Å². The number of aliphatic hydroxyl groups is 3. The molecular weight excluding hydrogens is 174 g/mol. The zero-order chi connectivity index (χ0) is 9.59. The van der Waals surface area contributed by atoms with Gasteiger partial charge in [0.1, 0.15) is 6.10 Å². The first-order valence-corrected chi connectivity index (χ1v) is 4.47. The van der Waals surface area contributed by atoms with Crippen LogP contribution in [0.4, 0.5) is 0 Å². The fourth-order valence-electron chi connectivity index (χ4n) is 2.17. The molecule has 3 N–H and O–H groups in total. The summed E-state index contributed by atoms with van der Waals surface area (Å²) in [7, 11) is 0. The van der Waals surface area contributed by atoms with Gasteiger partial charge in [0.25, 0.3) is 5.91 Å². The maximum Gasteiger partial charge on any atom is 0.254 e. The number of amides is 1. The minimum absolute atomic E-state index is 0.462. The first kappa shape index (κ1) is 8.93. The molecule has 2 saturated heterocycles. The summed E-state index contributed by atoms with van der Waals surface area (Å²) in [5.74, 6) is -0.462. The van der Waals surface area contributed by atoms with Crippen LogP contribution in [0, 0.1) is 0 Å². The Morgan fingerprint density at radius 1 is 1.31 bits per heavy atom.